The lowest BCUT2D eigenvalue weighted by atomic mass is 9.63. The van der Waals surface area contributed by atoms with Gasteiger partial charge in [0.25, 0.3) is 0 Å². The molecule has 0 bridgehead atoms. The molecule has 0 fully saturated rings. The van der Waals surface area contributed by atoms with E-state index < -0.39 is 35.0 Å². The number of primary amides is 1. The second-order valence-corrected chi connectivity index (χ2v) is 13.4. The van der Waals surface area contributed by atoms with Gasteiger partial charge in [0.2, 0.25) is 11.8 Å². The lowest BCUT2D eigenvalue weighted by molar-refractivity contribution is -0.132. The highest BCUT2D eigenvalue weighted by Crippen LogP contribution is 2.44. The Balaban J connectivity index is 1.63. The Kier molecular flexibility index (Phi) is 12.4. The minimum absolute atomic E-state index is 0.0354. The number of nitrogens with one attached hydrogen (secondary N) is 1. The summed E-state index contributed by atoms with van der Waals surface area (Å²) in [5.41, 5.74) is 7.83. The molecule has 250 valence electrons. The number of aliphatic hydroxyl groups excluding tert-OH is 1. The zero-order valence-corrected chi connectivity index (χ0v) is 27.9. The van der Waals surface area contributed by atoms with Crippen molar-refractivity contribution in [2.24, 2.45) is 17.1 Å². The molecule has 3 atom stereocenters. The van der Waals surface area contributed by atoms with E-state index in [-0.39, 0.29) is 30.9 Å². The second kappa shape index (κ2) is 16.2. The number of halogens is 2. The van der Waals surface area contributed by atoms with Crippen LogP contribution in [0.1, 0.15) is 60.8 Å². The van der Waals surface area contributed by atoms with E-state index in [0.717, 1.165) is 41.2 Å². The molecule has 47 heavy (non-hydrogen) atoms. The fourth-order valence-corrected chi connectivity index (χ4v) is 7.29. The minimum Gasteiger partial charge on any atom is -0.391 e. The van der Waals surface area contributed by atoms with Gasteiger partial charge in [0, 0.05) is 48.6 Å². The number of hydrogen-bond acceptors (Lipinski definition) is 6. The zero-order chi connectivity index (χ0) is 34.1. The van der Waals surface area contributed by atoms with Gasteiger partial charge < -0.3 is 21.1 Å². The maximum atomic E-state index is 14.3. The number of thiophene rings is 1. The van der Waals surface area contributed by atoms with Gasteiger partial charge in [-0.25, -0.2) is 8.78 Å². The van der Waals surface area contributed by atoms with Crippen molar-refractivity contribution in [3.8, 4) is 10.4 Å². The number of carbonyl (C=O) groups excluding carboxylic acids is 3. The number of carbonyl (C=O) groups is 3. The molecule has 3 aromatic rings. The third-order valence-corrected chi connectivity index (χ3v) is 9.58. The molecule has 1 unspecified atom stereocenters. The second-order valence-electron chi connectivity index (χ2n) is 12.2. The fourth-order valence-electron chi connectivity index (χ4n) is 6.47. The molecule has 10 heteroatoms. The molecule has 1 aromatic heterocycles. The summed E-state index contributed by atoms with van der Waals surface area (Å²) in [6, 6.07) is 14.6. The van der Waals surface area contributed by atoms with Crippen molar-refractivity contribution in [3.05, 3.63) is 106 Å². The Morgan fingerprint density at radius 1 is 1.06 bits per heavy atom. The van der Waals surface area contributed by atoms with Crippen LogP contribution in [0.5, 0.6) is 0 Å². The van der Waals surface area contributed by atoms with Crippen LogP contribution < -0.4 is 11.1 Å². The summed E-state index contributed by atoms with van der Waals surface area (Å²) in [7, 11) is 0. The lowest BCUT2D eigenvalue weighted by Gasteiger charge is -2.42. The van der Waals surface area contributed by atoms with Crippen LogP contribution in [0, 0.1) is 23.0 Å². The van der Waals surface area contributed by atoms with Crippen LogP contribution in [0.2, 0.25) is 0 Å². The molecular weight excluding hydrogens is 620 g/mol. The van der Waals surface area contributed by atoms with Gasteiger partial charge in [-0.15, -0.1) is 11.3 Å². The highest BCUT2D eigenvalue weighted by Gasteiger charge is 2.48. The summed E-state index contributed by atoms with van der Waals surface area (Å²) < 4.78 is 28.6. The monoisotopic (exact) mass is 663 g/mol. The first-order chi connectivity index (χ1) is 22.5. The number of hydrogen-bond donors (Lipinski definition) is 3. The topological polar surface area (TPSA) is 113 Å². The molecule has 1 heterocycles. The quantitative estimate of drug-likeness (QED) is 0.158. The number of amides is 2. The van der Waals surface area contributed by atoms with Crippen molar-refractivity contribution in [3.63, 3.8) is 0 Å². The van der Waals surface area contributed by atoms with Gasteiger partial charge in [-0.3, -0.25) is 14.4 Å². The van der Waals surface area contributed by atoms with Gasteiger partial charge in [-0.1, -0.05) is 49.8 Å². The minimum atomic E-state index is -1.51. The standard InChI is InChI=1S/C37H43F2N3O4S/c1-4-11-42(12-5-2)35(45)28-13-24(3)19-37(20-28,36(40)46)32(17-26-15-29(38)18-30(39)16-26)33(44)22-41-21-25-7-6-8-27(14-25)34-10-9-31(23-43)47-34/h6-10,13-16,18-19,23,32-33,41,44H,4-5,11-12,17,20-22H2,1-3H3,(H2,40,46)/t32-,33+,37?/m1/s1. The van der Waals surface area contributed by atoms with Crippen LogP contribution in [0.15, 0.2) is 77.9 Å². The first-order valence-corrected chi connectivity index (χ1v) is 16.8. The van der Waals surface area contributed by atoms with Gasteiger partial charge in [-0.05, 0) is 79.6 Å². The van der Waals surface area contributed by atoms with E-state index in [9.17, 15) is 28.3 Å². The Hall–Kier alpha value is -3.99. The van der Waals surface area contributed by atoms with Crippen LogP contribution in [-0.4, -0.2) is 53.8 Å². The first-order valence-electron chi connectivity index (χ1n) is 16.0. The molecule has 0 aliphatic heterocycles. The maximum Gasteiger partial charge on any atom is 0.249 e. The molecule has 0 saturated carbocycles. The molecule has 4 rings (SSSR count). The number of aldehydes is 1. The molecule has 1 aliphatic rings. The third kappa shape index (κ3) is 8.88. The van der Waals surface area contributed by atoms with Crippen molar-refractivity contribution in [1.29, 1.82) is 0 Å². The van der Waals surface area contributed by atoms with E-state index in [1.54, 1.807) is 30.0 Å². The summed E-state index contributed by atoms with van der Waals surface area (Å²) in [6.45, 7) is 7.28. The molecule has 0 spiro atoms. The third-order valence-electron chi connectivity index (χ3n) is 8.52. The lowest BCUT2D eigenvalue weighted by Crippen LogP contribution is -2.51. The fraction of sp³-hybridized carbons (Fsp3) is 0.378. The van der Waals surface area contributed by atoms with E-state index in [1.807, 2.05) is 44.2 Å². The molecule has 1 aliphatic carbocycles. The highest BCUT2D eigenvalue weighted by molar-refractivity contribution is 7.17. The van der Waals surface area contributed by atoms with E-state index in [1.165, 1.54) is 23.5 Å². The van der Waals surface area contributed by atoms with Crippen LogP contribution in [-0.2, 0) is 22.6 Å². The summed E-state index contributed by atoms with van der Waals surface area (Å²) in [5, 5.41) is 15.0. The molecule has 0 radical (unpaired) electrons. The molecule has 2 amide bonds. The van der Waals surface area contributed by atoms with E-state index in [0.29, 0.717) is 35.7 Å². The molecule has 7 nitrogen and oxygen atoms in total. The van der Waals surface area contributed by atoms with Gasteiger partial charge in [0.1, 0.15) is 11.6 Å². The smallest absolute Gasteiger partial charge is 0.249 e. The first kappa shape index (κ1) is 35.9. The molecule has 0 saturated heterocycles. The normalized spacial score (nSPS) is 17.4. The van der Waals surface area contributed by atoms with Crippen molar-refractivity contribution in [2.75, 3.05) is 19.6 Å². The summed E-state index contributed by atoms with van der Waals surface area (Å²) in [4.78, 5) is 41.7. The number of nitrogens with two attached hydrogens (primary N) is 1. The van der Waals surface area contributed by atoms with Gasteiger partial charge in [0.05, 0.1) is 16.4 Å². The Bertz CT molecular complexity index is 1630. The molecular formula is C37H43F2N3O4S. The van der Waals surface area contributed by atoms with Crippen molar-refractivity contribution in [1.82, 2.24) is 10.2 Å². The summed E-state index contributed by atoms with van der Waals surface area (Å²) in [5.74, 6) is -3.39. The number of rotatable bonds is 16. The van der Waals surface area contributed by atoms with Crippen LogP contribution in [0.3, 0.4) is 0 Å². The average Bonchev–Trinajstić information content (AvgIpc) is 3.52. The molecule has 2 aromatic carbocycles. The zero-order valence-electron chi connectivity index (χ0n) is 27.1. The van der Waals surface area contributed by atoms with Crippen molar-refractivity contribution >= 4 is 29.4 Å². The average molecular weight is 664 g/mol. The number of nitrogens with zero attached hydrogens (tertiary/aromatic N) is 1. The predicted octanol–water partition coefficient (Wildman–Crippen LogP) is 6.21. The summed E-state index contributed by atoms with van der Waals surface area (Å²) >= 11 is 1.39. The summed E-state index contributed by atoms with van der Waals surface area (Å²) in [6.07, 6.45) is 4.50. The van der Waals surface area contributed by atoms with Crippen LogP contribution in [0.4, 0.5) is 8.78 Å². The van der Waals surface area contributed by atoms with Crippen molar-refractivity contribution in [2.45, 2.75) is 59.1 Å². The largest absolute Gasteiger partial charge is 0.391 e. The predicted molar refractivity (Wildman–Crippen MR) is 182 cm³/mol. The van der Waals surface area contributed by atoms with Crippen LogP contribution >= 0.6 is 11.3 Å². The Labute approximate surface area is 279 Å². The Morgan fingerprint density at radius 2 is 1.77 bits per heavy atom. The van der Waals surface area contributed by atoms with Gasteiger partial charge in [0.15, 0.2) is 6.29 Å². The van der Waals surface area contributed by atoms with Gasteiger partial charge >= 0.3 is 0 Å². The number of aliphatic hydroxyl groups is 1. The maximum absolute atomic E-state index is 14.3. The SMILES string of the molecule is CCCN(CCC)C(=O)C1=CC(C)=CC(C(N)=O)([C@H](Cc2cc(F)cc(F)c2)[C@@H](O)CNCc2cccc(-c3ccc(C=O)s3)c2)C1. The van der Waals surface area contributed by atoms with Gasteiger partial charge in [-0.2, -0.15) is 0 Å². The highest BCUT2D eigenvalue weighted by atomic mass is 32.1. The Morgan fingerprint density at radius 3 is 2.38 bits per heavy atom. The van der Waals surface area contributed by atoms with E-state index in [2.05, 4.69) is 5.32 Å². The number of allylic oxidation sites excluding steroid dienone is 2. The van der Waals surface area contributed by atoms with E-state index >= 15 is 0 Å². The van der Waals surface area contributed by atoms with E-state index in [4.69, 9.17) is 5.73 Å². The molecule has 4 N–H and O–H groups in total. The van der Waals surface area contributed by atoms with Crippen molar-refractivity contribution < 1.29 is 28.3 Å². The van der Waals surface area contributed by atoms with Crippen LogP contribution in [0.25, 0.3) is 10.4 Å². The number of benzene rings is 2.